The third-order valence-corrected chi connectivity index (χ3v) is 5.32. The predicted molar refractivity (Wildman–Crippen MR) is 110 cm³/mol. The van der Waals surface area contributed by atoms with E-state index in [-0.39, 0.29) is 12.5 Å². The Bertz CT molecular complexity index is 749. The Morgan fingerprint density at radius 2 is 1.85 bits per heavy atom. The fourth-order valence-electron chi connectivity index (χ4n) is 3.67. The summed E-state index contributed by atoms with van der Waals surface area (Å²) >= 11 is 0. The molecule has 1 aliphatic rings. The maximum atomic E-state index is 12.1. The van der Waals surface area contributed by atoms with Crippen LogP contribution in [-0.2, 0) is 24.1 Å². The summed E-state index contributed by atoms with van der Waals surface area (Å²) in [6, 6.07) is 15.0. The van der Waals surface area contributed by atoms with Gasteiger partial charge in [0.2, 0.25) is 0 Å². The van der Waals surface area contributed by atoms with Crippen LogP contribution in [0, 0.1) is 0 Å². The third-order valence-electron chi connectivity index (χ3n) is 5.32. The van der Waals surface area contributed by atoms with Crippen molar-refractivity contribution in [3.8, 4) is 5.75 Å². The zero-order valence-corrected chi connectivity index (χ0v) is 16.6. The molecule has 0 saturated carbocycles. The van der Waals surface area contributed by atoms with Gasteiger partial charge in [0, 0.05) is 6.54 Å². The van der Waals surface area contributed by atoms with Crippen LogP contribution in [0.25, 0.3) is 0 Å². The van der Waals surface area contributed by atoms with Gasteiger partial charge in [0.05, 0.1) is 0 Å². The van der Waals surface area contributed by atoms with Crippen molar-refractivity contribution in [2.24, 2.45) is 0 Å². The second-order valence-corrected chi connectivity index (χ2v) is 7.74. The van der Waals surface area contributed by atoms with Crippen molar-refractivity contribution in [2.45, 2.75) is 58.3 Å². The second-order valence-electron chi connectivity index (χ2n) is 7.74. The van der Waals surface area contributed by atoms with Crippen LogP contribution in [0.3, 0.4) is 0 Å². The molecule has 1 amide bonds. The van der Waals surface area contributed by atoms with Crippen molar-refractivity contribution in [3.63, 3.8) is 0 Å². The molecule has 0 aromatic heterocycles. The topological polar surface area (TPSA) is 38.3 Å². The minimum absolute atomic E-state index is 0.0430. The highest BCUT2D eigenvalue weighted by Gasteiger charge is 2.14. The molecule has 0 heterocycles. The Morgan fingerprint density at radius 1 is 1.07 bits per heavy atom. The molecule has 0 bridgehead atoms. The number of hydrogen-bond donors (Lipinski definition) is 1. The molecule has 0 aliphatic heterocycles. The van der Waals surface area contributed by atoms with E-state index in [1.54, 1.807) is 0 Å². The summed E-state index contributed by atoms with van der Waals surface area (Å²) in [6.45, 7) is 5.19. The molecule has 3 rings (SSSR count). The summed E-state index contributed by atoms with van der Waals surface area (Å²) in [6.07, 6.45) is 6.55. The molecule has 0 saturated heterocycles. The summed E-state index contributed by atoms with van der Waals surface area (Å²) in [5.41, 5.74) is 5.36. The van der Waals surface area contributed by atoms with Gasteiger partial charge in [-0.05, 0) is 72.8 Å². The minimum Gasteiger partial charge on any atom is -0.483 e. The number of rotatable bonds is 8. The molecule has 144 valence electrons. The molecule has 0 atom stereocenters. The maximum Gasteiger partial charge on any atom is 0.257 e. The Balaban J connectivity index is 1.38. The molecule has 2 aromatic rings. The summed E-state index contributed by atoms with van der Waals surface area (Å²) in [7, 11) is 0. The van der Waals surface area contributed by atoms with Crippen molar-refractivity contribution in [1.29, 1.82) is 0 Å². The maximum absolute atomic E-state index is 12.1. The Morgan fingerprint density at radius 3 is 2.63 bits per heavy atom. The van der Waals surface area contributed by atoms with E-state index < -0.39 is 0 Å². The second kappa shape index (κ2) is 9.59. The van der Waals surface area contributed by atoms with Gasteiger partial charge in [0.1, 0.15) is 5.75 Å². The van der Waals surface area contributed by atoms with E-state index >= 15 is 0 Å². The molecule has 2 aromatic carbocycles. The largest absolute Gasteiger partial charge is 0.483 e. The quantitative estimate of drug-likeness (QED) is 0.681. The highest BCUT2D eigenvalue weighted by molar-refractivity contribution is 5.77. The zero-order valence-electron chi connectivity index (χ0n) is 16.6. The molecule has 3 nitrogen and oxygen atoms in total. The number of nitrogens with one attached hydrogen (secondary N) is 1. The number of aryl methyl sites for hydroxylation is 2. The minimum atomic E-state index is -0.0430. The van der Waals surface area contributed by atoms with Gasteiger partial charge in [-0.3, -0.25) is 4.79 Å². The van der Waals surface area contributed by atoms with Crippen LogP contribution in [0.5, 0.6) is 5.75 Å². The Kier molecular flexibility index (Phi) is 6.92. The van der Waals surface area contributed by atoms with Crippen molar-refractivity contribution >= 4 is 5.91 Å². The standard InChI is InChI=1S/C24H31NO2/c1-18(2)20-14-12-19(13-15-20)7-6-16-25-24(26)17-27-23-11-5-9-21-8-3-4-10-22(21)23/h5,9,11-15,18H,3-4,6-8,10,16-17H2,1-2H3,(H,25,26). The first-order valence-corrected chi connectivity index (χ1v) is 10.2. The van der Waals surface area contributed by atoms with Crippen LogP contribution in [0.4, 0.5) is 0 Å². The number of amides is 1. The molecule has 1 aliphatic carbocycles. The number of ether oxygens (including phenoxy) is 1. The molecule has 1 N–H and O–H groups in total. The molecular formula is C24H31NO2. The van der Waals surface area contributed by atoms with E-state index in [1.807, 2.05) is 12.1 Å². The molecular weight excluding hydrogens is 334 g/mol. The first-order valence-electron chi connectivity index (χ1n) is 10.2. The summed E-state index contributed by atoms with van der Waals surface area (Å²) in [4.78, 5) is 12.1. The van der Waals surface area contributed by atoms with E-state index in [9.17, 15) is 4.79 Å². The SMILES string of the molecule is CC(C)c1ccc(CCCNC(=O)COc2cccc3c2CCCC3)cc1. The molecule has 0 unspecified atom stereocenters. The zero-order chi connectivity index (χ0) is 19.1. The fraction of sp³-hybridized carbons (Fsp3) is 0.458. The predicted octanol–water partition coefficient (Wildman–Crippen LogP) is 4.82. The van der Waals surface area contributed by atoms with Crippen molar-refractivity contribution < 1.29 is 9.53 Å². The van der Waals surface area contributed by atoms with Crippen LogP contribution < -0.4 is 10.1 Å². The van der Waals surface area contributed by atoms with Crippen molar-refractivity contribution in [2.75, 3.05) is 13.2 Å². The normalized spacial score (nSPS) is 13.3. The van der Waals surface area contributed by atoms with Crippen LogP contribution >= 0.6 is 0 Å². The number of hydrogen-bond acceptors (Lipinski definition) is 2. The van der Waals surface area contributed by atoms with E-state index in [2.05, 4.69) is 49.5 Å². The fourth-order valence-corrected chi connectivity index (χ4v) is 3.67. The average Bonchev–Trinajstić information content (AvgIpc) is 2.70. The van der Waals surface area contributed by atoms with Gasteiger partial charge < -0.3 is 10.1 Å². The summed E-state index contributed by atoms with van der Waals surface area (Å²) < 4.78 is 5.81. The average molecular weight is 366 g/mol. The van der Waals surface area contributed by atoms with Gasteiger partial charge in [-0.25, -0.2) is 0 Å². The highest BCUT2D eigenvalue weighted by atomic mass is 16.5. The lowest BCUT2D eigenvalue weighted by Gasteiger charge is -2.19. The Labute approximate surface area is 163 Å². The monoisotopic (exact) mass is 365 g/mol. The van der Waals surface area contributed by atoms with Gasteiger partial charge in [-0.1, -0.05) is 50.2 Å². The lowest BCUT2D eigenvalue weighted by atomic mass is 9.91. The van der Waals surface area contributed by atoms with E-state index in [1.165, 1.54) is 35.1 Å². The van der Waals surface area contributed by atoms with Crippen LogP contribution in [0.15, 0.2) is 42.5 Å². The smallest absolute Gasteiger partial charge is 0.257 e. The first kappa shape index (κ1) is 19.5. The molecule has 0 radical (unpaired) electrons. The number of fused-ring (bicyclic) bond motifs is 1. The number of carbonyl (C=O) groups is 1. The van der Waals surface area contributed by atoms with Gasteiger partial charge >= 0.3 is 0 Å². The number of carbonyl (C=O) groups excluding carboxylic acids is 1. The van der Waals surface area contributed by atoms with E-state index in [0.29, 0.717) is 12.5 Å². The van der Waals surface area contributed by atoms with Crippen LogP contribution in [0.2, 0.25) is 0 Å². The van der Waals surface area contributed by atoms with E-state index in [0.717, 1.165) is 31.4 Å². The highest BCUT2D eigenvalue weighted by Crippen LogP contribution is 2.29. The molecule has 0 fully saturated rings. The molecule has 0 spiro atoms. The lowest BCUT2D eigenvalue weighted by Crippen LogP contribution is -2.30. The van der Waals surface area contributed by atoms with Crippen molar-refractivity contribution in [3.05, 3.63) is 64.7 Å². The van der Waals surface area contributed by atoms with Gasteiger partial charge in [0.15, 0.2) is 6.61 Å². The van der Waals surface area contributed by atoms with Crippen LogP contribution in [0.1, 0.15) is 61.3 Å². The van der Waals surface area contributed by atoms with Gasteiger partial charge in [0.25, 0.3) is 5.91 Å². The van der Waals surface area contributed by atoms with Crippen molar-refractivity contribution in [1.82, 2.24) is 5.32 Å². The molecule has 27 heavy (non-hydrogen) atoms. The Hall–Kier alpha value is -2.29. The molecule has 3 heteroatoms. The van der Waals surface area contributed by atoms with E-state index in [4.69, 9.17) is 4.74 Å². The third kappa shape index (κ3) is 5.59. The van der Waals surface area contributed by atoms with Gasteiger partial charge in [-0.15, -0.1) is 0 Å². The first-order chi connectivity index (χ1) is 13.1. The summed E-state index contributed by atoms with van der Waals surface area (Å²) in [5, 5.41) is 2.97. The lowest BCUT2D eigenvalue weighted by molar-refractivity contribution is -0.123. The summed E-state index contributed by atoms with van der Waals surface area (Å²) in [5.74, 6) is 1.40. The number of benzene rings is 2. The van der Waals surface area contributed by atoms with Gasteiger partial charge in [-0.2, -0.15) is 0 Å². The van der Waals surface area contributed by atoms with Crippen LogP contribution in [-0.4, -0.2) is 19.1 Å².